The van der Waals surface area contributed by atoms with Crippen molar-refractivity contribution in [3.8, 4) is 0 Å². The predicted molar refractivity (Wildman–Crippen MR) is 66.0 cm³/mol. The first-order valence-electron chi connectivity index (χ1n) is 5.82. The van der Waals surface area contributed by atoms with Crippen LogP contribution in [0.25, 0.3) is 0 Å². The fourth-order valence-corrected chi connectivity index (χ4v) is 1.54. The summed E-state index contributed by atoms with van der Waals surface area (Å²) in [6, 6.07) is 5.67. The first-order chi connectivity index (χ1) is 7.63. The topological polar surface area (TPSA) is 24.1 Å². The third-order valence-electron chi connectivity index (χ3n) is 2.58. The van der Waals surface area contributed by atoms with Crippen molar-refractivity contribution in [1.29, 1.82) is 0 Å². The van der Waals surface area contributed by atoms with Crippen LogP contribution in [0.4, 0.5) is 4.39 Å². The van der Waals surface area contributed by atoms with E-state index in [-0.39, 0.29) is 5.82 Å². The van der Waals surface area contributed by atoms with Crippen LogP contribution in [0.3, 0.4) is 0 Å². The average molecular weight is 224 g/mol. The number of halogens is 1. The zero-order valence-electron chi connectivity index (χ0n) is 10.3. The molecule has 0 amide bonds. The lowest BCUT2D eigenvalue weighted by molar-refractivity contribution is 0.508. The zero-order chi connectivity index (χ0) is 12.0. The minimum Gasteiger partial charge on any atom is -0.315 e. The normalized spacial score (nSPS) is 12.8. The largest absolute Gasteiger partial charge is 0.315 e. The maximum absolute atomic E-state index is 13.0. The highest BCUT2D eigenvalue weighted by atomic mass is 19.1. The Morgan fingerprint density at radius 3 is 2.75 bits per heavy atom. The Morgan fingerprint density at radius 1 is 1.38 bits per heavy atom. The van der Waals surface area contributed by atoms with E-state index in [1.54, 1.807) is 6.92 Å². The van der Waals surface area contributed by atoms with Crippen molar-refractivity contribution in [2.45, 2.75) is 33.4 Å². The van der Waals surface area contributed by atoms with Crippen molar-refractivity contribution >= 4 is 0 Å². The van der Waals surface area contributed by atoms with Gasteiger partial charge in [-0.15, -0.1) is 0 Å². The van der Waals surface area contributed by atoms with Crippen LogP contribution in [0.15, 0.2) is 18.2 Å². The van der Waals surface area contributed by atoms with Crippen LogP contribution in [0, 0.1) is 12.7 Å². The molecule has 1 atom stereocenters. The Balaban J connectivity index is 2.39. The van der Waals surface area contributed by atoms with Gasteiger partial charge in [-0.2, -0.15) is 0 Å². The number of likely N-dealkylation sites (N-methyl/N-ethyl adjacent to an activating group) is 1. The molecular weight excluding hydrogens is 203 g/mol. The molecule has 3 heteroatoms. The molecule has 0 aromatic heterocycles. The van der Waals surface area contributed by atoms with E-state index >= 15 is 0 Å². The van der Waals surface area contributed by atoms with Gasteiger partial charge in [0.15, 0.2) is 0 Å². The van der Waals surface area contributed by atoms with E-state index in [9.17, 15) is 4.39 Å². The van der Waals surface area contributed by atoms with Crippen LogP contribution < -0.4 is 10.6 Å². The van der Waals surface area contributed by atoms with Gasteiger partial charge >= 0.3 is 0 Å². The predicted octanol–water partition coefficient (Wildman–Crippen LogP) is 2.22. The van der Waals surface area contributed by atoms with E-state index in [4.69, 9.17) is 0 Å². The van der Waals surface area contributed by atoms with E-state index in [1.807, 2.05) is 12.1 Å². The van der Waals surface area contributed by atoms with Crippen molar-refractivity contribution in [3.63, 3.8) is 0 Å². The second-order valence-electron chi connectivity index (χ2n) is 4.17. The molecule has 1 aromatic carbocycles. The van der Waals surface area contributed by atoms with Gasteiger partial charge in [0.1, 0.15) is 5.82 Å². The van der Waals surface area contributed by atoms with Gasteiger partial charge in [-0.3, -0.25) is 0 Å². The highest BCUT2D eigenvalue weighted by Crippen LogP contribution is 2.08. The molecule has 2 nitrogen and oxygen atoms in total. The molecule has 1 aromatic rings. The van der Waals surface area contributed by atoms with Crippen molar-refractivity contribution in [3.05, 3.63) is 35.1 Å². The monoisotopic (exact) mass is 224 g/mol. The van der Waals surface area contributed by atoms with Crippen LogP contribution in [-0.4, -0.2) is 19.1 Å². The number of hydrogen-bond donors (Lipinski definition) is 2. The maximum Gasteiger partial charge on any atom is 0.126 e. The van der Waals surface area contributed by atoms with Gasteiger partial charge in [0.2, 0.25) is 0 Å². The van der Waals surface area contributed by atoms with E-state index in [0.717, 1.165) is 25.2 Å². The minimum absolute atomic E-state index is 0.135. The number of hydrogen-bond acceptors (Lipinski definition) is 2. The number of rotatable bonds is 6. The van der Waals surface area contributed by atoms with Crippen molar-refractivity contribution < 1.29 is 4.39 Å². The third-order valence-corrected chi connectivity index (χ3v) is 2.58. The van der Waals surface area contributed by atoms with Crippen LogP contribution in [0.5, 0.6) is 0 Å². The summed E-state index contributed by atoms with van der Waals surface area (Å²) in [5.74, 6) is -0.135. The summed E-state index contributed by atoms with van der Waals surface area (Å²) in [6.07, 6.45) is 0. The third kappa shape index (κ3) is 4.29. The quantitative estimate of drug-likeness (QED) is 0.774. The molecule has 2 N–H and O–H groups in total. The van der Waals surface area contributed by atoms with Gasteiger partial charge < -0.3 is 10.6 Å². The maximum atomic E-state index is 13.0. The average Bonchev–Trinajstić information content (AvgIpc) is 2.28. The number of aryl methyl sites for hydroxylation is 1. The summed E-state index contributed by atoms with van der Waals surface area (Å²) >= 11 is 0. The van der Waals surface area contributed by atoms with Gasteiger partial charge in [0.05, 0.1) is 0 Å². The summed E-state index contributed by atoms with van der Waals surface area (Å²) in [5.41, 5.74) is 1.83. The summed E-state index contributed by atoms with van der Waals surface area (Å²) in [4.78, 5) is 0. The molecule has 90 valence electrons. The molecule has 1 unspecified atom stereocenters. The van der Waals surface area contributed by atoms with Crippen LogP contribution >= 0.6 is 0 Å². The van der Waals surface area contributed by atoms with E-state index in [0.29, 0.717) is 11.6 Å². The van der Waals surface area contributed by atoms with Crippen molar-refractivity contribution in [1.82, 2.24) is 10.6 Å². The Hall–Kier alpha value is -0.930. The number of nitrogens with one attached hydrogen (secondary N) is 2. The summed E-state index contributed by atoms with van der Waals surface area (Å²) in [6.45, 7) is 8.75. The van der Waals surface area contributed by atoms with E-state index in [2.05, 4.69) is 24.5 Å². The van der Waals surface area contributed by atoms with Gasteiger partial charge in [-0.25, -0.2) is 4.39 Å². The Kier molecular flexibility index (Phi) is 5.43. The molecule has 0 fully saturated rings. The molecule has 0 aliphatic rings. The molecule has 0 saturated carbocycles. The summed E-state index contributed by atoms with van der Waals surface area (Å²) < 4.78 is 13.0. The lowest BCUT2D eigenvalue weighted by Gasteiger charge is -2.14. The van der Waals surface area contributed by atoms with E-state index in [1.165, 1.54) is 6.07 Å². The molecule has 16 heavy (non-hydrogen) atoms. The van der Waals surface area contributed by atoms with Crippen LogP contribution in [0.1, 0.15) is 25.0 Å². The zero-order valence-corrected chi connectivity index (χ0v) is 10.3. The molecule has 0 bridgehead atoms. The summed E-state index contributed by atoms with van der Waals surface area (Å²) in [5, 5.41) is 6.68. The SMILES string of the molecule is CCNCC(C)NCc1ccc(F)c(C)c1. The van der Waals surface area contributed by atoms with E-state index < -0.39 is 0 Å². The fraction of sp³-hybridized carbons (Fsp3) is 0.538. The smallest absolute Gasteiger partial charge is 0.126 e. The van der Waals surface area contributed by atoms with Gasteiger partial charge in [0, 0.05) is 19.1 Å². The van der Waals surface area contributed by atoms with Crippen LogP contribution in [-0.2, 0) is 6.54 Å². The van der Waals surface area contributed by atoms with Gasteiger partial charge in [0.25, 0.3) is 0 Å². The second kappa shape index (κ2) is 6.61. The fourth-order valence-electron chi connectivity index (χ4n) is 1.54. The molecule has 0 heterocycles. The molecule has 0 radical (unpaired) electrons. The van der Waals surface area contributed by atoms with Crippen molar-refractivity contribution in [2.24, 2.45) is 0 Å². The highest BCUT2D eigenvalue weighted by Gasteiger charge is 2.02. The molecule has 0 aliphatic heterocycles. The first kappa shape index (κ1) is 13.1. The number of benzene rings is 1. The standard InChI is InChI=1S/C13H21FN2/c1-4-15-8-11(3)16-9-12-5-6-13(14)10(2)7-12/h5-7,11,15-16H,4,8-9H2,1-3H3. The van der Waals surface area contributed by atoms with Gasteiger partial charge in [-0.1, -0.05) is 19.1 Å². The Bertz CT molecular complexity index is 326. The van der Waals surface area contributed by atoms with Crippen molar-refractivity contribution in [2.75, 3.05) is 13.1 Å². The molecule has 0 spiro atoms. The lowest BCUT2D eigenvalue weighted by atomic mass is 10.1. The Labute approximate surface area is 97.3 Å². The molecule has 0 aliphatic carbocycles. The Morgan fingerprint density at radius 2 is 2.12 bits per heavy atom. The highest BCUT2D eigenvalue weighted by molar-refractivity contribution is 5.23. The van der Waals surface area contributed by atoms with Crippen LogP contribution in [0.2, 0.25) is 0 Å². The van der Waals surface area contributed by atoms with Gasteiger partial charge in [-0.05, 0) is 37.6 Å². The minimum atomic E-state index is -0.135. The lowest BCUT2D eigenvalue weighted by Crippen LogP contribution is -2.35. The second-order valence-corrected chi connectivity index (χ2v) is 4.17. The molecular formula is C13H21FN2. The molecule has 0 saturated heterocycles. The summed E-state index contributed by atoms with van der Waals surface area (Å²) in [7, 11) is 0. The molecule has 1 rings (SSSR count). The first-order valence-corrected chi connectivity index (χ1v) is 5.82.